The van der Waals surface area contributed by atoms with Crippen molar-refractivity contribution in [2.24, 2.45) is 52.3 Å². The van der Waals surface area contributed by atoms with E-state index in [1.54, 1.807) is 18.3 Å². The highest BCUT2D eigenvalue weighted by Crippen LogP contribution is 2.67. The summed E-state index contributed by atoms with van der Waals surface area (Å²) >= 11 is 0. The summed E-state index contributed by atoms with van der Waals surface area (Å²) in [5, 5.41) is 24.2. The Labute approximate surface area is 325 Å². The van der Waals surface area contributed by atoms with Crippen LogP contribution in [0, 0.1) is 52.3 Å². The number of hydrogen-bond acceptors (Lipinski definition) is 6. The molecule has 0 radical (unpaired) electrons. The number of phenols is 1. The van der Waals surface area contributed by atoms with E-state index in [9.17, 15) is 19.8 Å². The lowest BCUT2D eigenvalue weighted by Crippen LogP contribution is -2.51. The van der Waals surface area contributed by atoms with Gasteiger partial charge in [-0.2, -0.15) is 0 Å². The third-order valence-electron chi connectivity index (χ3n) is 15.0. The maximum absolute atomic E-state index is 13.2. The van der Waals surface area contributed by atoms with Crippen molar-refractivity contribution in [3.8, 4) is 5.75 Å². The standard InChI is InChI=1S/C47H69NO6/c1-30(2)12-9-14-31(3)38-21-22-39-37-20-19-34-28-36(23-25-46(34,5)40(37)24-26-47(38,39)6)54-45(52)48-27-11-17-35-29-42(50)32(4)13-7-8-15-33-16-10-18-41(49)43(33)44(51)53-35/h7-8,10-11,16,18-19,27,30-32,35-40,42,49-50H,9,12-15,17,20-26,28-29H2,1-6H3,(H,48,52)/b8-7+,27-11+/t31?,32?,35?,36?,37?,38-,39?,40?,42?,46?,47?/m1/s1. The van der Waals surface area contributed by atoms with Crippen molar-refractivity contribution in [2.75, 3.05) is 0 Å². The first kappa shape index (κ1) is 40.6. The van der Waals surface area contributed by atoms with Gasteiger partial charge < -0.3 is 19.7 Å². The van der Waals surface area contributed by atoms with E-state index in [1.807, 2.05) is 25.1 Å². The zero-order valence-electron chi connectivity index (χ0n) is 34.0. The summed E-state index contributed by atoms with van der Waals surface area (Å²) in [6.45, 7) is 14.4. The molecule has 3 N–H and O–H groups in total. The van der Waals surface area contributed by atoms with Gasteiger partial charge in [0.15, 0.2) is 0 Å². The first-order chi connectivity index (χ1) is 25.8. The predicted octanol–water partition coefficient (Wildman–Crippen LogP) is 10.8. The van der Waals surface area contributed by atoms with E-state index < -0.39 is 24.3 Å². The molecular weight excluding hydrogens is 675 g/mol. The summed E-state index contributed by atoms with van der Waals surface area (Å²) < 4.78 is 11.8. The van der Waals surface area contributed by atoms with Gasteiger partial charge >= 0.3 is 12.1 Å². The number of ether oxygens (including phenoxy) is 2. The van der Waals surface area contributed by atoms with Crippen molar-refractivity contribution in [2.45, 2.75) is 156 Å². The van der Waals surface area contributed by atoms with Gasteiger partial charge in [0.25, 0.3) is 0 Å². The number of benzene rings is 1. The summed E-state index contributed by atoms with van der Waals surface area (Å²) in [5.41, 5.74) is 3.02. The number of aliphatic hydroxyl groups excluding tert-OH is 1. The molecule has 0 aromatic heterocycles. The lowest BCUT2D eigenvalue weighted by Gasteiger charge is -2.58. The first-order valence-corrected chi connectivity index (χ1v) is 21.5. The number of carbonyl (C=O) groups is 2. The van der Waals surface area contributed by atoms with E-state index in [2.05, 4.69) is 46.0 Å². The van der Waals surface area contributed by atoms with Crippen LogP contribution in [0.1, 0.15) is 147 Å². The molecule has 3 fully saturated rings. The Kier molecular flexibility index (Phi) is 13.1. The van der Waals surface area contributed by atoms with Crippen LogP contribution in [-0.2, 0) is 15.9 Å². The van der Waals surface area contributed by atoms with Gasteiger partial charge in [-0.25, -0.2) is 9.59 Å². The van der Waals surface area contributed by atoms with Crippen LogP contribution >= 0.6 is 0 Å². The van der Waals surface area contributed by atoms with Gasteiger partial charge in [-0.15, -0.1) is 0 Å². The van der Waals surface area contributed by atoms with Crippen LogP contribution in [-0.4, -0.2) is 40.6 Å². The van der Waals surface area contributed by atoms with Crippen LogP contribution in [0.3, 0.4) is 0 Å². The van der Waals surface area contributed by atoms with Crippen molar-refractivity contribution < 1.29 is 29.3 Å². The molecule has 0 spiro atoms. The molecule has 10 unspecified atom stereocenters. The van der Waals surface area contributed by atoms with Crippen molar-refractivity contribution >= 4 is 12.1 Å². The molecule has 11 atom stereocenters. The molecular formula is C47H69NO6. The third kappa shape index (κ3) is 8.82. The minimum absolute atomic E-state index is 0.0171. The molecule has 4 aliphatic carbocycles. The molecule has 5 aliphatic rings. The summed E-state index contributed by atoms with van der Waals surface area (Å²) in [4.78, 5) is 26.2. The average molecular weight is 744 g/mol. The second-order valence-corrected chi connectivity index (χ2v) is 18.9. The molecule has 1 heterocycles. The number of phenolic OH excluding ortho intramolecular Hbond substituents is 1. The van der Waals surface area contributed by atoms with Crippen molar-refractivity contribution in [1.29, 1.82) is 0 Å². The number of aromatic hydroxyl groups is 1. The topological polar surface area (TPSA) is 105 Å². The number of alkyl carbamates (subject to hydrolysis) is 1. The highest BCUT2D eigenvalue weighted by Gasteiger charge is 2.59. The zero-order chi connectivity index (χ0) is 38.6. The van der Waals surface area contributed by atoms with Crippen molar-refractivity contribution in [1.82, 2.24) is 5.32 Å². The summed E-state index contributed by atoms with van der Waals surface area (Å²) in [6.07, 6.45) is 23.1. The Morgan fingerprint density at radius 2 is 1.87 bits per heavy atom. The molecule has 7 heteroatoms. The molecule has 54 heavy (non-hydrogen) atoms. The SMILES string of the molecule is CC(C)CCCC(C)[C@H]1CCC2C3CC=C4CC(OC(=O)N/C=C/CC5CC(O)C(C)C/C=C/Cc6cccc(O)c6C(=O)O5)CCC4(C)C3CCC21C. The maximum atomic E-state index is 13.2. The van der Waals surface area contributed by atoms with E-state index in [0.717, 1.165) is 54.8 Å². The second kappa shape index (κ2) is 17.4. The Morgan fingerprint density at radius 1 is 1.06 bits per heavy atom. The summed E-state index contributed by atoms with van der Waals surface area (Å²) in [5.74, 6) is 4.05. The summed E-state index contributed by atoms with van der Waals surface area (Å²) in [7, 11) is 0. The average Bonchev–Trinajstić information content (AvgIpc) is 3.48. The molecule has 3 saturated carbocycles. The van der Waals surface area contributed by atoms with Crippen LogP contribution < -0.4 is 5.32 Å². The number of aliphatic hydroxyl groups is 1. The van der Waals surface area contributed by atoms with Gasteiger partial charge in [-0.1, -0.05) is 103 Å². The molecule has 0 saturated heterocycles. The monoisotopic (exact) mass is 744 g/mol. The van der Waals surface area contributed by atoms with E-state index in [0.29, 0.717) is 30.2 Å². The molecule has 0 bridgehead atoms. The van der Waals surface area contributed by atoms with E-state index in [-0.39, 0.29) is 35.2 Å². The summed E-state index contributed by atoms with van der Waals surface area (Å²) in [6, 6.07) is 5.02. The van der Waals surface area contributed by atoms with Crippen LogP contribution in [0.15, 0.2) is 54.3 Å². The zero-order valence-corrected chi connectivity index (χ0v) is 34.0. The lowest BCUT2D eigenvalue weighted by molar-refractivity contribution is -0.0580. The van der Waals surface area contributed by atoms with E-state index in [1.165, 1.54) is 63.0 Å². The molecule has 1 aliphatic heterocycles. The lowest BCUT2D eigenvalue weighted by atomic mass is 9.47. The number of nitrogens with one attached hydrogen (secondary N) is 1. The highest BCUT2D eigenvalue weighted by atomic mass is 16.6. The molecule has 1 aromatic carbocycles. The molecule has 298 valence electrons. The van der Waals surface area contributed by atoms with Crippen LogP contribution in [0.2, 0.25) is 0 Å². The van der Waals surface area contributed by atoms with Gasteiger partial charge in [0.2, 0.25) is 0 Å². The van der Waals surface area contributed by atoms with E-state index >= 15 is 0 Å². The Bertz CT molecular complexity index is 1560. The highest BCUT2D eigenvalue weighted by molar-refractivity contribution is 5.94. The van der Waals surface area contributed by atoms with Crippen molar-refractivity contribution in [3.63, 3.8) is 0 Å². The number of rotatable bonds is 9. The number of amides is 1. The minimum Gasteiger partial charge on any atom is -0.507 e. The van der Waals surface area contributed by atoms with Gasteiger partial charge in [0.1, 0.15) is 23.5 Å². The van der Waals surface area contributed by atoms with Crippen molar-refractivity contribution in [3.05, 3.63) is 65.4 Å². The fourth-order valence-electron chi connectivity index (χ4n) is 11.9. The Balaban J connectivity index is 1.02. The Hall–Kier alpha value is -3.06. The number of cyclic esters (lactones) is 1. The largest absolute Gasteiger partial charge is 0.507 e. The Morgan fingerprint density at radius 3 is 2.67 bits per heavy atom. The number of esters is 1. The predicted molar refractivity (Wildman–Crippen MR) is 215 cm³/mol. The number of fused-ring (bicyclic) bond motifs is 6. The third-order valence-corrected chi connectivity index (χ3v) is 15.0. The number of hydrogen-bond donors (Lipinski definition) is 3. The smallest absolute Gasteiger partial charge is 0.411 e. The van der Waals surface area contributed by atoms with Gasteiger partial charge in [-0.3, -0.25) is 5.32 Å². The fourth-order valence-corrected chi connectivity index (χ4v) is 11.9. The van der Waals surface area contributed by atoms with Crippen LogP contribution in [0.5, 0.6) is 5.75 Å². The molecule has 1 aromatic rings. The van der Waals surface area contributed by atoms with E-state index in [4.69, 9.17) is 9.47 Å². The molecule has 1 amide bonds. The number of carbonyl (C=O) groups excluding carboxylic acids is 2. The van der Waals surface area contributed by atoms with Gasteiger partial charge in [-0.05, 0) is 122 Å². The molecule has 7 nitrogen and oxygen atoms in total. The maximum Gasteiger partial charge on any atom is 0.411 e. The van der Waals surface area contributed by atoms with Gasteiger partial charge in [0, 0.05) is 25.5 Å². The van der Waals surface area contributed by atoms with Crippen LogP contribution in [0.25, 0.3) is 0 Å². The second-order valence-electron chi connectivity index (χ2n) is 18.9. The normalized spacial score (nSPS) is 36.7. The fraction of sp³-hybridized carbons (Fsp3) is 0.702. The minimum atomic E-state index is -0.676. The quantitative estimate of drug-likeness (QED) is 0.172. The van der Waals surface area contributed by atoms with Crippen LogP contribution in [0.4, 0.5) is 4.79 Å². The first-order valence-electron chi connectivity index (χ1n) is 21.5. The van der Waals surface area contributed by atoms with Gasteiger partial charge in [0.05, 0.1) is 6.10 Å². The molecule has 6 rings (SSSR count). The number of allylic oxidation sites excluding steroid dienone is 3.